The minimum atomic E-state index is 0.0650. The topological polar surface area (TPSA) is 40.6 Å². The minimum absolute atomic E-state index is 0.0650. The van der Waals surface area contributed by atoms with Crippen LogP contribution in [-0.4, -0.2) is 40.6 Å². The molecule has 0 N–H and O–H groups in total. The summed E-state index contributed by atoms with van der Waals surface area (Å²) in [6.07, 6.45) is 2.49. The van der Waals surface area contributed by atoms with Crippen molar-refractivity contribution >= 4 is 23.3 Å². The van der Waals surface area contributed by atoms with Crippen molar-refractivity contribution in [3.8, 4) is 0 Å². The Hall–Kier alpha value is -2.17. The number of likely N-dealkylation sites (tertiary alicyclic amines) is 1. The highest BCUT2D eigenvalue weighted by atomic mass is 35.5. The van der Waals surface area contributed by atoms with Crippen LogP contribution in [0, 0.1) is 0 Å². The van der Waals surface area contributed by atoms with E-state index in [9.17, 15) is 9.59 Å². The Bertz CT molecular complexity index is 946. The molecule has 5 heteroatoms. The zero-order valence-electron chi connectivity index (χ0n) is 18.4. The lowest BCUT2D eigenvalue weighted by Gasteiger charge is -2.32. The summed E-state index contributed by atoms with van der Waals surface area (Å²) in [7, 11) is 0. The number of amides is 1. The molecule has 4 rings (SSSR count). The molecule has 0 atom stereocenters. The van der Waals surface area contributed by atoms with Gasteiger partial charge in [-0.3, -0.25) is 14.5 Å². The van der Waals surface area contributed by atoms with Gasteiger partial charge in [0.15, 0.2) is 5.78 Å². The first-order valence-electron chi connectivity index (χ1n) is 11.3. The van der Waals surface area contributed by atoms with Gasteiger partial charge >= 0.3 is 0 Å². The van der Waals surface area contributed by atoms with Gasteiger partial charge in [-0.25, -0.2) is 0 Å². The van der Waals surface area contributed by atoms with Crippen molar-refractivity contribution in [2.75, 3.05) is 13.1 Å². The van der Waals surface area contributed by atoms with Crippen molar-refractivity contribution < 1.29 is 9.59 Å². The zero-order chi connectivity index (χ0) is 22.0. The van der Waals surface area contributed by atoms with Crippen molar-refractivity contribution in [2.24, 2.45) is 0 Å². The molecule has 0 unspecified atom stereocenters. The lowest BCUT2D eigenvalue weighted by Crippen LogP contribution is -2.38. The molecule has 1 fully saturated rings. The normalized spacial score (nSPS) is 17.2. The van der Waals surface area contributed by atoms with E-state index in [0.717, 1.165) is 49.6 Å². The summed E-state index contributed by atoms with van der Waals surface area (Å²) < 4.78 is 0. The molecule has 1 amide bonds. The molecule has 164 valence electrons. The first kappa shape index (κ1) is 22.0. The van der Waals surface area contributed by atoms with Gasteiger partial charge in [0.25, 0.3) is 0 Å². The third-order valence-electron chi connectivity index (χ3n) is 6.76. The van der Waals surface area contributed by atoms with Gasteiger partial charge in [-0.2, -0.15) is 0 Å². The highest BCUT2D eigenvalue weighted by Gasteiger charge is 2.25. The van der Waals surface area contributed by atoms with E-state index < -0.39 is 0 Å². The summed E-state index contributed by atoms with van der Waals surface area (Å²) in [4.78, 5) is 29.7. The number of fused-ring (bicyclic) bond motifs is 1. The zero-order valence-corrected chi connectivity index (χ0v) is 19.2. The van der Waals surface area contributed by atoms with Crippen LogP contribution in [0.4, 0.5) is 0 Å². The average Bonchev–Trinajstić information content (AvgIpc) is 3.22. The van der Waals surface area contributed by atoms with Crippen LogP contribution in [0.5, 0.6) is 0 Å². The fourth-order valence-electron chi connectivity index (χ4n) is 4.68. The van der Waals surface area contributed by atoms with Crippen LogP contribution in [-0.2, 0) is 17.9 Å². The Kier molecular flexibility index (Phi) is 6.78. The maximum Gasteiger partial charge on any atom is 0.223 e. The van der Waals surface area contributed by atoms with Gasteiger partial charge < -0.3 is 4.90 Å². The van der Waals surface area contributed by atoms with Gasteiger partial charge in [0.05, 0.1) is 0 Å². The molecule has 31 heavy (non-hydrogen) atoms. The first-order valence-corrected chi connectivity index (χ1v) is 11.7. The van der Waals surface area contributed by atoms with E-state index in [1.807, 2.05) is 29.2 Å². The third-order valence-corrected chi connectivity index (χ3v) is 7.01. The minimum Gasteiger partial charge on any atom is -0.343 e. The van der Waals surface area contributed by atoms with Gasteiger partial charge in [-0.15, -0.1) is 0 Å². The number of nitrogens with zero attached hydrogens (tertiary/aromatic N) is 2. The molecule has 2 aliphatic rings. The van der Waals surface area contributed by atoms with Crippen molar-refractivity contribution in [1.29, 1.82) is 0 Å². The van der Waals surface area contributed by atoms with Crippen LogP contribution in [0.1, 0.15) is 72.5 Å². The van der Waals surface area contributed by atoms with E-state index in [2.05, 4.69) is 36.9 Å². The summed E-state index contributed by atoms with van der Waals surface area (Å²) in [5, 5.41) is 0.752. The highest BCUT2D eigenvalue weighted by molar-refractivity contribution is 6.30. The average molecular weight is 439 g/mol. The highest BCUT2D eigenvalue weighted by Crippen LogP contribution is 2.29. The quantitative estimate of drug-likeness (QED) is 0.564. The number of piperidine rings is 1. The lowest BCUT2D eigenvalue weighted by molar-refractivity contribution is -0.132. The second-order valence-electron chi connectivity index (χ2n) is 9.11. The molecule has 0 bridgehead atoms. The number of Topliss-reactive ketones (excluding diaryl/α,β-unsaturated/α-hetero) is 1. The SMILES string of the molecule is CC(C)N1Cc2ccc(C(=O)CCC(=O)N3CCC(c4ccc(Cl)cc4)CC3)cc2C1. The van der Waals surface area contributed by atoms with Crippen molar-refractivity contribution in [3.05, 3.63) is 69.7 Å². The molecule has 2 aliphatic heterocycles. The molecule has 0 aromatic heterocycles. The summed E-state index contributed by atoms with van der Waals surface area (Å²) in [5.74, 6) is 0.630. The van der Waals surface area contributed by atoms with Crippen LogP contribution >= 0.6 is 11.6 Å². The van der Waals surface area contributed by atoms with Crippen LogP contribution in [0.2, 0.25) is 5.02 Å². The fraction of sp³-hybridized carbons (Fsp3) is 0.462. The second kappa shape index (κ2) is 9.54. The first-order chi connectivity index (χ1) is 14.9. The molecule has 2 aromatic rings. The van der Waals surface area contributed by atoms with E-state index in [-0.39, 0.29) is 18.1 Å². The number of benzene rings is 2. The van der Waals surface area contributed by atoms with Gasteiger partial charge in [-0.1, -0.05) is 35.9 Å². The predicted octanol–water partition coefficient (Wildman–Crippen LogP) is 5.43. The van der Waals surface area contributed by atoms with Crippen LogP contribution in [0.25, 0.3) is 0 Å². The van der Waals surface area contributed by atoms with E-state index in [1.54, 1.807) is 0 Å². The van der Waals surface area contributed by atoms with Gasteiger partial charge in [0.1, 0.15) is 0 Å². The third kappa shape index (κ3) is 5.19. The molecule has 0 saturated carbocycles. The van der Waals surface area contributed by atoms with Crippen molar-refractivity contribution in [3.63, 3.8) is 0 Å². The fourth-order valence-corrected chi connectivity index (χ4v) is 4.81. The monoisotopic (exact) mass is 438 g/mol. The van der Waals surface area contributed by atoms with E-state index in [4.69, 9.17) is 11.6 Å². The maximum atomic E-state index is 12.7. The van der Waals surface area contributed by atoms with Crippen molar-refractivity contribution in [1.82, 2.24) is 9.80 Å². The molecule has 0 spiro atoms. The number of halogens is 1. The van der Waals surface area contributed by atoms with E-state index in [0.29, 0.717) is 18.4 Å². The number of ketones is 1. The van der Waals surface area contributed by atoms with Crippen LogP contribution in [0.3, 0.4) is 0 Å². The van der Waals surface area contributed by atoms with E-state index in [1.165, 1.54) is 16.7 Å². The molecule has 2 heterocycles. The number of hydrogen-bond donors (Lipinski definition) is 0. The number of hydrogen-bond acceptors (Lipinski definition) is 3. The molecular weight excluding hydrogens is 408 g/mol. The number of rotatable bonds is 6. The van der Waals surface area contributed by atoms with E-state index >= 15 is 0 Å². The summed E-state index contributed by atoms with van der Waals surface area (Å²) in [5.41, 5.74) is 4.58. The number of carbonyl (C=O) groups excluding carboxylic acids is 2. The second-order valence-corrected chi connectivity index (χ2v) is 9.55. The molecular formula is C26H31ClN2O2. The Balaban J connectivity index is 1.26. The van der Waals surface area contributed by atoms with Crippen LogP contribution in [0.15, 0.2) is 42.5 Å². The van der Waals surface area contributed by atoms with Gasteiger partial charge in [0, 0.05) is 55.6 Å². The Labute approximate surface area is 190 Å². The summed E-state index contributed by atoms with van der Waals surface area (Å²) in [6, 6.07) is 14.6. The standard InChI is InChI=1S/C26H31ClN2O2/c1-18(2)29-16-22-4-3-21(15-23(22)17-29)25(30)9-10-26(31)28-13-11-20(12-14-28)19-5-7-24(27)8-6-19/h3-8,15,18,20H,9-14,16-17H2,1-2H3. The molecule has 2 aromatic carbocycles. The summed E-state index contributed by atoms with van der Waals surface area (Å²) in [6.45, 7) is 7.75. The summed E-state index contributed by atoms with van der Waals surface area (Å²) >= 11 is 5.98. The molecule has 0 aliphatic carbocycles. The van der Waals surface area contributed by atoms with Gasteiger partial charge in [-0.05, 0) is 67.5 Å². The molecule has 4 nitrogen and oxygen atoms in total. The lowest BCUT2D eigenvalue weighted by atomic mass is 9.89. The predicted molar refractivity (Wildman–Crippen MR) is 124 cm³/mol. The Morgan fingerprint density at radius 3 is 2.32 bits per heavy atom. The molecule has 1 saturated heterocycles. The smallest absolute Gasteiger partial charge is 0.223 e. The Morgan fingerprint density at radius 2 is 1.65 bits per heavy atom. The van der Waals surface area contributed by atoms with Crippen molar-refractivity contribution in [2.45, 2.75) is 64.6 Å². The number of carbonyl (C=O) groups is 2. The van der Waals surface area contributed by atoms with Crippen LogP contribution < -0.4 is 0 Å². The molecule has 0 radical (unpaired) electrons. The largest absolute Gasteiger partial charge is 0.343 e. The Morgan fingerprint density at radius 1 is 0.968 bits per heavy atom. The van der Waals surface area contributed by atoms with Gasteiger partial charge in [0.2, 0.25) is 5.91 Å². The maximum absolute atomic E-state index is 12.7.